The number of carbonyl (C=O) groups is 1. The van der Waals surface area contributed by atoms with Gasteiger partial charge in [-0.05, 0) is 31.0 Å². The van der Waals surface area contributed by atoms with E-state index in [2.05, 4.69) is 11.9 Å². The van der Waals surface area contributed by atoms with Gasteiger partial charge in [0.2, 0.25) is 0 Å². The fraction of sp³-hybridized carbons (Fsp3) is 0.375. The Bertz CT molecular complexity index is 578. The van der Waals surface area contributed by atoms with Crippen molar-refractivity contribution in [2.45, 2.75) is 39.0 Å². The maximum atomic E-state index is 11.4. The third-order valence-corrected chi connectivity index (χ3v) is 3.54. The first-order valence-electron chi connectivity index (χ1n) is 6.96. The predicted molar refractivity (Wildman–Crippen MR) is 85.5 cm³/mol. The minimum Gasteiger partial charge on any atom is -0.481 e. The quantitative estimate of drug-likeness (QED) is 0.878. The molecule has 0 saturated heterocycles. The molecule has 0 amide bonds. The maximum absolute atomic E-state index is 11.4. The Morgan fingerprint density at radius 2 is 2.00 bits per heavy atom. The predicted octanol–water partition coefficient (Wildman–Crippen LogP) is 3.96. The summed E-state index contributed by atoms with van der Waals surface area (Å²) in [5.41, 5.74) is 1.87. The van der Waals surface area contributed by atoms with Gasteiger partial charge in [-0.2, -0.15) is 0 Å². The zero-order chi connectivity index (χ0) is 14.5. The lowest BCUT2D eigenvalue weighted by Crippen LogP contribution is -2.11. The number of carboxylic acid groups (broad SMARTS) is 1. The summed E-state index contributed by atoms with van der Waals surface area (Å²) < 4.78 is 1.98. The second-order valence-electron chi connectivity index (χ2n) is 4.97. The van der Waals surface area contributed by atoms with Crippen LogP contribution in [-0.2, 0) is 4.79 Å². The second-order valence-corrected chi connectivity index (χ2v) is 4.97. The van der Waals surface area contributed by atoms with Crippen molar-refractivity contribution in [1.82, 2.24) is 9.55 Å². The molecule has 5 heteroatoms. The number of aromatic nitrogens is 2. The van der Waals surface area contributed by atoms with Crippen LogP contribution in [0.3, 0.4) is 0 Å². The molecule has 1 atom stereocenters. The van der Waals surface area contributed by atoms with E-state index in [1.165, 1.54) is 0 Å². The Kier molecular flexibility index (Phi) is 6.43. The molecule has 0 saturated carbocycles. The minimum atomic E-state index is -0.745. The highest BCUT2D eigenvalue weighted by molar-refractivity contribution is 5.85. The molecule has 0 spiro atoms. The molecule has 4 nitrogen and oxygen atoms in total. The van der Waals surface area contributed by atoms with E-state index in [1.54, 1.807) is 6.20 Å². The van der Waals surface area contributed by atoms with Crippen molar-refractivity contribution >= 4 is 18.4 Å². The number of halogens is 1. The fourth-order valence-corrected chi connectivity index (χ4v) is 2.36. The van der Waals surface area contributed by atoms with E-state index in [1.807, 2.05) is 42.0 Å². The molecule has 1 aromatic carbocycles. The smallest absolute Gasteiger partial charge is 0.310 e. The van der Waals surface area contributed by atoms with Crippen LogP contribution in [0.4, 0.5) is 0 Å². The third kappa shape index (κ3) is 4.08. The largest absolute Gasteiger partial charge is 0.481 e. The number of hydrogen-bond donors (Lipinski definition) is 1. The average molecular weight is 309 g/mol. The molecule has 0 bridgehead atoms. The van der Waals surface area contributed by atoms with Crippen molar-refractivity contribution in [1.29, 1.82) is 0 Å². The standard InChI is InChI=1S/C16H20N2O2.ClH/c1-3-4-5-15(16(19)20)13-6-8-14(9-7-13)18-11-10-17-12(18)2;/h6-11,15H,3-5H2,1-2H3,(H,19,20);1H. The number of aliphatic carboxylic acids is 1. The number of carboxylic acids is 1. The van der Waals surface area contributed by atoms with Crippen LogP contribution in [-0.4, -0.2) is 20.6 Å². The summed E-state index contributed by atoms with van der Waals surface area (Å²) in [7, 11) is 0. The van der Waals surface area contributed by atoms with Gasteiger partial charge in [0.05, 0.1) is 5.92 Å². The van der Waals surface area contributed by atoms with Crippen LogP contribution >= 0.6 is 12.4 Å². The van der Waals surface area contributed by atoms with Crippen molar-refractivity contribution in [2.24, 2.45) is 0 Å². The van der Waals surface area contributed by atoms with Gasteiger partial charge in [-0.1, -0.05) is 31.9 Å². The first-order chi connectivity index (χ1) is 9.63. The lowest BCUT2D eigenvalue weighted by atomic mass is 9.93. The molecule has 1 aromatic heterocycles. The van der Waals surface area contributed by atoms with Crippen LogP contribution in [0.2, 0.25) is 0 Å². The topological polar surface area (TPSA) is 55.1 Å². The van der Waals surface area contributed by atoms with Crippen molar-refractivity contribution in [2.75, 3.05) is 0 Å². The summed E-state index contributed by atoms with van der Waals surface area (Å²) in [6, 6.07) is 7.71. The normalized spacial score (nSPS) is 11.7. The highest BCUT2D eigenvalue weighted by Gasteiger charge is 2.19. The molecule has 0 aliphatic heterocycles. The van der Waals surface area contributed by atoms with E-state index in [0.29, 0.717) is 6.42 Å². The molecular formula is C16H21ClN2O2. The van der Waals surface area contributed by atoms with Crippen molar-refractivity contribution < 1.29 is 9.90 Å². The number of imidazole rings is 1. The summed E-state index contributed by atoms with van der Waals surface area (Å²) in [5, 5.41) is 9.34. The fourth-order valence-electron chi connectivity index (χ4n) is 2.36. The van der Waals surface area contributed by atoms with Gasteiger partial charge in [0.25, 0.3) is 0 Å². The minimum absolute atomic E-state index is 0. The molecule has 1 unspecified atom stereocenters. The van der Waals surface area contributed by atoms with Crippen LogP contribution in [0.1, 0.15) is 43.5 Å². The molecule has 21 heavy (non-hydrogen) atoms. The van der Waals surface area contributed by atoms with E-state index in [4.69, 9.17) is 0 Å². The maximum Gasteiger partial charge on any atom is 0.310 e. The highest BCUT2D eigenvalue weighted by Crippen LogP contribution is 2.24. The lowest BCUT2D eigenvalue weighted by Gasteiger charge is -2.13. The number of hydrogen-bond acceptors (Lipinski definition) is 2. The van der Waals surface area contributed by atoms with Gasteiger partial charge >= 0.3 is 5.97 Å². The molecule has 2 rings (SSSR count). The Morgan fingerprint density at radius 1 is 1.33 bits per heavy atom. The third-order valence-electron chi connectivity index (χ3n) is 3.54. The Morgan fingerprint density at radius 3 is 2.48 bits per heavy atom. The second kappa shape index (κ2) is 7.84. The summed E-state index contributed by atoms with van der Waals surface area (Å²) in [4.78, 5) is 15.5. The molecule has 0 fully saturated rings. The highest BCUT2D eigenvalue weighted by atomic mass is 35.5. The summed E-state index contributed by atoms with van der Waals surface area (Å²) in [6.07, 6.45) is 6.28. The number of aryl methyl sites for hydroxylation is 1. The van der Waals surface area contributed by atoms with Gasteiger partial charge < -0.3 is 9.67 Å². The average Bonchev–Trinajstić information content (AvgIpc) is 2.86. The van der Waals surface area contributed by atoms with E-state index < -0.39 is 11.9 Å². The number of rotatable bonds is 6. The van der Waals surface area contributed by atoms with E-state index in [9.17, 15) is 9.90 Å². The lowest BCUT2D eigenvalue weighted by molar-refractivity contribution is -0.139. The van der Waals surface area contributed by atoms with Gasteiger partial charge in [-0.3, -0.25) is 4.79 Å². The number of unbranched alkanes of at least 4 members (excludes halogenated alkanes) is 1. The molecule has 1 heterocycles. The van der Waals surface area contributed by atoms with E-state index in [-0.39, 0.29) is 12.4 Å². The van der Waals surface area contributed by atoms with Gasteiger partial charge in [-0.15, -0.1) is 12.4 Å². The first kappa shape index (κ1) is 17.2. The van der Waals surface area contributed by atoms with Crippen LogP contribution in [0, 0.1) is 6.92 Å². The number of nitrogens with zero attached hydrogens (tertiary/aromatic N) is 2. The molecule has 0 aliphatic rings. The Labute approximate surface area is 131 Å². The monoisotopic (exact) mass is 308 g/mol. The molecular weight excluding hydrogens is 288 g/mol. The van der Waals surface area contributed by atoms with Gasteiger partial charge in [0.15, 0.2) is 0 Å². The van der Waals surface area contributed by atoms with Crippen LogP contribution in [0.5, 0.6) is 0 Å². The Hall–Kier alpha value is -1.81. The summed E-state index contributed by atoms with van der Waals surface area (Å²) in [5.74, 6) is -0.239. The number of benzene rings is 1. The van der Waals surface area contributed by atoms with Crippen molar-refractivity contribution in [3.05, 3.63) is 48.0 Å². The van der Waals surface area contributed by atoms with Gasteiger partial charge in [0, 0.05) is 18.1 Å². The Balaban J connectivity index is 0.00000220. The molecule has 2 aromatic rings. The zero-order valence-corrected chi connectivity index (χ0v) is 13.1. The van der Waals surface area contributed by atoms with E-state index >= 15 is 0 Å². The first-order valence-corrected chi connectivity index (χ1v) is 6.96. The molecule has 1 N–H and O–H groups in total. The van der Waals surface area contributed by atoms with Gasteiger partial charge in [0.1, 0.15) is 5.82 Å². The van der Waals surface area contributed by atoms with Crippen molar-refractivity contribution in [3.8, 4) is 5.69 Å². The van der Waals surface area contributed by atoms with Crippen LogP contribution in [0.15, 0.2) is 36.7 Å². The van der Waals surface area contributed by atoms with Crippen LogP contribution < -0.4 is 0 Å². The SMILES string of the molecule is CCCCC(C(=O)O)c1ccc(-n2ccnc2C)cc1.Cl. The molecule has 0 aliphatic carbocycles. The zero-order valence-electron chi connectivity index (χ0n) is 12.3. The molecule has 0 radical (unpaired) electrons. The van der Waals surface area contributed by atoms with Crippen LogP contribution in [0.25, 0.3) is 5.69 Å². The summed E-state index contributed by atoms with van der Waals surface area (Å²) >= 11 is 0. The van der Waals surface area contributed by atoms with Gasteiger partial charge in [-0.25, -0.2) is 4.98 Å². The van der Waals surface area contributed by atoms with Crippen molar-refractivity contribution in [3.63, 3.8) is 0 Å². The molecule has 114 valence electrons. The summed E-state index contributed by atoms with van der Waals surface area (Å²) in [6.45, 7) is 4.01. The van der Waals surface area contributed by atoms with E-state index in [0.717, 1.165) is 29.9 Å².